The summed E-state index contributed by atoms with van der Waals surface area (Å²) in [5.41, 5.74) is 5.29. The Morgan fingerprint density at radius 3 is 1.85 bits per heavy atom. The molecule has 0 spiro atoms. The Kier molecular flexibility index (Phi) is 5.84. The Hall–Kier alpha value is -0.465. The maximum absolute atomic E-state index is 11.1. The van der Waals surface area contributed by atoms with Crippen LogP contribution in [-0.4, -0.2) is 13.8 Å². The van der Waals surface area contributed by atoms with Gasteiger partial charge < -0.3 is 5.73 Å². The molecule has 0 unspecified atom stereocenters. The molecule has 2 N–H and O–H groups in total. The van der Waals surface area contributed by atoms with E-state index >= 15 is 0 Å². The van der Waals surface area contributed by atoms with Gasteiger partial charge in [-0.1, -0.05) is 39.5 Å². The Morgan fingerprint density at radius 2 is 1.62 bits per heavy atom. The van der Waals surface area contributed by atoms with Crippen molar-refractivity contribution in [1.29, 1.82) is 0 Å². The summed E-state index contributed by atoms with van der Waals surface area (Å²) in [5.74, 6) is -0.352. The first-order valence-electron chi connectivity index (χ1n) is 5.15. The van der Waals surface area contributed by atoms with Crippen LogP contribution < -0.4 is 5.73 Å². The van der Waals surface area contributed by atoms with Crippen molar-refractivity contribution in [1.82, 2.24) is 0 Å². The second-order valence-electron chi connectivity index (χ2n) is 3.73. The molecule has 13 heavy (non-hydrogen) atoms. The van der Waals surface area contributed by atoms with Crippen LogP contribution in [0.4, 0.5) is 0 Å². The molecule has 3 heteroatoms. The van der Waals surface area contributed by atoms with Crippen molar-refractivity contribution >= 4 is 13.8 Å². The summed E-state index contributed by atoms with van der Waals surface area (Å²) in [6.07, 6.45) is 5.50. The SMILES string of the molecule is [B]C(CCCC)(CCCC)C(N)=O. The summed E-state index contributed by atoms with van der Waals surface area (Å²) >= 11 is 0. The third kappa shape index (κ3) is 4.35. The van der Waals surface area contributed by atoms with E-state index in [1.807, 2.05) is 0 Å². The molecule has 0 atom stereocenters. The highest BCUT2D eigenvalue weighted by molar-refractivity contribution is 6.27. The number of unbranched alkanes of at least 4 members (excludes halogenated alkanes) is 2. The molecule has 2 nitrogen and oxygen atoms in total. The van der Waals surface area contributed by atoms with Crippen LogP contribution in [-0.2, 0) is 4.79 Å². The Bertz CT molecular complexity index is 151. The largest absolute Gasteiger partial charge is 0.370 e. The summed E-state index contributed by atoms with van der Waals surface area (Å²) in [6, 6.07) is 0. The molecule has 0 aromatic carbocycles. The van der Waals surface area contributed by atoms with Crippen molar-refractivity contribution in [2.75, 3.05) is 0 Å². The summed E-state index contributed by atoms with van der Waals surface area (Å²) in [4.78, 5) is 11.1. The second-order valence-corrected chi connectivity index (χ2v) is 3.73. The molecule has 0 aromatic rings. The lowest BCUT2D eigenvalue weighted by molar-refractivity contribution is -0.121. The Balaban J connectivity index is 4.08. The van der Waals surface area contributed by atoms with E-state index < -0.39 is 5.31 Å². The van der Waals surface area contributed by atoms with Gasteiger partial charge in [-0.3, -0.25) is 4.79 Å². The van der Waals surface area contributed by atoms with Gasteiger partial charge in [0.2, 0.25) is 5.91 Å². The molecular formula is C10H20BNO. The number of hydrogen-bond donors (Lipinski definition) is 1. The maximum Gasteiger partial charge on any atom is 0.214 e. The number of rotatable bonds is 7. The number of nitrogens with two attached hydrogens (primary N) is 1. The third-order valence-corrected chi connectivity index (χ3v) is 2.44. The van der Waals surface area contributed by atoms with E-state index in [1.165, 1.54) is 0 Å². The normalized spacial score (nSPS) is 11.5. The van der Waals surface area contributed by atoms with E-state index in [0.29, 0.717) is 0 Å². The van der Waals surface area contributed by atoms with Crippen LogP contribution in [0.5, 0.6) is 0 Å². The lowest BCUT2D eigenvalue weighted by Crippen LogP contribution is -2.31. The summed E-state index contributed by atoms with van der Waals surface area (Å²) < 4.78 is 0. The lowest BCUT2D eigenvalue weighted by Gasteiger charge is -2.26. The predicted molar refractivity (Wildman–Crippen MR) is 56.7 cm³/mol. The van der Waals surface area contributed by atoms with E-state index in [2.05, 4.69) is 13.8 Å². The first kappa shape index (κ1) is 12.5. The van der Waals surface area contributed by atoms with Gasteiger partial charge in [0.05, 0.1) is 7.85 Å². The van der Waals surface area contributed by atoms with Gasteiger partial charge in [-0.15, -0.1) is 0 Å². The lowest BCUT2D eigenvalue weighted by atomic mass is 9.62. The molecule has 0 aliphatic carbocycles. The summed E-state index contributed by atoms with van der Waals surface area (Å²) in [5, 5.41) is -0.758. The number of primary amides is 1. The highest BCUT2D eigenvalue weighted by Gasteiger charge is 2.28. The number of carbonyl (C=O) groups excluding carboxylic acids is 1. The highest BCUT2D eigenvalue weighted by Crippen LogP contribution is 2.34. The average Bonchev–Trinajstić information content (AvgIpc) is 2.11. The van der Waals surface area contributed by atoms with Gasteiger partial charge in [0, 0.05) is 5.31 Å². The van der Waals surface area contributed by atoms with E-state index in [4.69, 9.17) is 13.6 Å². The predicted octanol–water partition coefficient (Wildman–Crippen LogP) is 2.18. The van der Waals surface area contributed by atoms with Crippen molar-refractivity contribution in [3.8, 4) is 0 Å². The first-order valence-corrected chi connectivity index (χ1v) is 5.15. The van der Waals surface area contributed by atoms with Crippen molar-refractivity contribution in [3.05, 3.63) is 0 Å². The minimum absolute atomic E-state index is 0.352. The molecule has 0 rings (SSSR count). The summed E-state index contributed by atoms with van der Waals surface area (Å²) in [6.45, 7) is 4.17. The fourth-order valence-electron chi connectivity index (χ4n) is 1.36. The number of carbonyl (C=O) groups is 1. The highest BCUT2D eigenvalue weighted by atomic mass is 16.1. The van der Waals surface area contributed by atoms with Crippen molar-refractivity contribution < 1.29 is 4.79 Å². The molecule has 0 saturated heterocycles. The van der Waals surface area contributed by atoms with Gasteiger partial charge in [0.1, 0.15) is 0 Å². The fourth-order valence-corrected chi connectivity index (χ4v) is 1.36. The molecule has 0 fully saturated rings. The van der Waals surface area contributed by atoms with Crippen molar-refractivity contribution in [3.63, 3.8) is 0 Å². The van der Waals surface area contributed by atoms with Crippen molar-refractivity contribution in [2.24, 2.45) is 5.73 Å². The molecule has 0 aliphatic heterocycles. The molecule has 0 bridgehead atoms. The standard InChI is InChI=1S/C10H20BNO/c1-3-5-7-10(11,9(12)13)8-6-4-2/h3-8H2,1-2H3,(H2,12,13). The van der Waals surface area contributed by atoms with Gasteiger partial charge >= 0.3 is 0 Å². The zero-order valence-electron chi connectivity index (χ0n) is 8.81. The summed E-state index contributed by atoms with van der Waals surface area (Å²) in [7, 11) is 5.94. The molecule has 74 valence electrons. The minimum atomic E-state index is -0.758. The first-order chi connectivity index (χ1) is 6.06. The second kappa shape index (κ2) is 6.06. The van der Waals surface area contributed by atoms with Crippen LogP contribution in [0, 0.1) is 0 Å². The zero-order chi connectivity index (χ0) is 10.3. The Labute approximate surface area is 82.7 Å². The van der Waals surface area contributed by atoms with E-state index in [0.717, 1.165) is 38.5 Å². The number of amides is 1. The average molecular weight is 181 g/mol. The van der Waals surface area contributed by atoms with E-state index in [9.17, 15) is 4.79 Å². The van der Waals surface area contributed by atoms with Gasteiger partial charge in [-0.25, -0.2) is 0 Å². The van der Waals surface area contributed by atoms with Gasteiger partial charge in [0.25, 0.3) is 0 Å². The van der Waals surface area contributed by atoms with Gasteiger partial charge in [0.15, 0.2) is 0 Å². The molecule has 0 aliphatic rings. The molecule has 0 saturated carbocycles. The Morgan fingerprint density at radius 1 is 1.23 bits per heavy atom. The topological polar surface area (TPSA) is 43.1 Å². The molecule has 1 amide bonds. The fraction of sp³-hybridized carbons (Fsp3) is 0.900. The van der Waals surface area contributed by atoms with Crippen LogP contribution in [0.1, 0.15) is 52.4 Å². The van der Waals surface area contributed by atoms with Crippen LogP contribution in [0.3, 0.4) is 0 Å². The van der Waals surface area contributed by atoms with Gasteiger partial charge in [-0.05, 0) is 12.8 Å². The van der Waals surface area contributed by atoms with Crippen LogP contribution >= 0.6 is 0 Å². The maximum atomic E-state index is 11.1. The van der Waals surface area contributed by atoms with Crippen LogP contribution in [0.2, 0.25) is 5.31 Å². The van der Waals surface area contributed by atoms with Crippen LogP contribution in [0.15, 0.2) is 0 Å². The quantitative estimate of drug-likeness (QED) is 0.601. The van der Waals surface area contributed by atoms with E-state index in [-0.39, 0.29) is 5.91 Å². The van der Waals surface area contributed by atoms with Gasteiger partial charge in [-0.2, -0.15) is 0 Å². The minimum Gasteiger partial charge on any atom is -0.370 e. The molecule has 2 radical (unpaired) electrons. The molecule has 0 heterocycles. The smallest absolute Gasteiger partial charge is 0.214 e. The molecular weight excluding hydrogens is 161 g/mol. The van der Waals surface area contributed by atoms with Crippen LogP contribution in [0.25, 0.3) is 0 Å². The van der Waals surface area contributed by atoms with Crippen molar-refractivity contribution in [2.45, 2.75) is 57.7 Å². The monoisotopic (exact) mass is 181 g/mol. The van der Waals surface area contributed by atoms with E-state index in [1.54, 1.807) is 0 Å². The number of hydrogen-bond acceptors (Lipinski definition) is 1. The molecule has 0 aromatic heterocycles. The third-order valence-electron chi connectivity index (χ3n) is 2.44. The zero-order valence-corrected chi connectivity index (χ0v) is 8.81.